The van der Waals surface area contributed by atoms with Crippen molar-refractivity contribution < 1.29 is 14.7 Å². The topological polar surface area (TPSA) is 69.6 Å². The van der Waals surface area contributed by atoms with Crippen LogP contribution < -0.4 is 5.32 Å². The Morgan fingerprint density at radius 1 is 1.33 bits per heavy atom. The number of thioether (sulfide) groups is 1. The van der Waals surface area contributed by atoms with Gasteiger partial charge >= 0.3 is 0 Å². The van der Waals surface area contributed by atoms with Gasteiger partial charge in [0.1, 0.15) is 5.75 Å². The first-order valence-corrected chi connectivity index (χ1v) is 7.90. The number of benzene rings is 1. The molecular formula is C15H22N2O3S. The number of phenolic OH excluding ortho intramolecular Hbond substituents is 1. The third-order valence-corrected chi connectivity index (χ3v) is 3.78. The molecule has 0 atom stereocenters. The van der Waals surface area contributed by atoms with Crippen LogP contribution in [-0.2, 0) is 9.59 Å². The van der Waals surface area contributed by atoms with Crippen molar-refractivity contribution >= 4 is 23.6 Å². The van der Waals surface area contributed by atoms with Gasteiger partial charge < -0.3 is 15.3 Å². The number of carbonyl (C=O) groups is 2. The second kappa shape index (κ2) is 8.56. The van der Waals surface area contributed by atoms with Crippen LogP contribution in [0.1, 0.15) is 20.8 Å². The van der Waals surface area contributed by atoms with Gasteiger partial charge in [-0.15, -0.1) is 11.8 Å². The molecular weight excluding hydrogens is 288 g/mol. The quantitative estimate of drug-likeness (QED) is 0.754. The number of para-hydroxylation sites is 1. The zero-order valence-corrected chi connectivity index (χ0v) is 13.4. The molecule has 1 aromatic rings. The number of nitrogens with zero attached hydrogens (tertiary/aromatic N) is 1. The van der Waals surface area contributed by atoms with Gasteiger partial charge in [-0.2, -0.15) is 0 Å². The van der Waals surface area contributed by atoms with Crippen LogP contribution in [0.15, 0.2) is 29.2 Å². The molecule has 0 aliphatic rings. The highest BCUT2D eigenvalue weighted by Gasteiger charge is 2.16. The summed E-state index contributed by atoms with van der Waals surface area (Å²) in [7, 11) is 0. The Kier molecular flexibility index (Phi) is 7.08. The molecule has 0 saturated heterocycles. The molecule has 0 unspecified atom stereocenters. The summed E-state index contributed by atoms with van der Waals surface area (Å²) in [6, 6.07) is 6.94. The molecule has 0 heterocycles. The summed E-state index contributed by atoms with van der Waals surface area (Å²) >= 11 is 1.27. The van der Waals surface area contributed by atoms with Gasteiger partial charge in [-0.3, -0.25) is 9.59 Å². The van der Waals surface area contributed by atoms with Crippen molar-refractivity contribution in [3.8, 4) is 5.75 Å². The fraction of sp³-hybridized carbons (Fsp3) is 0.467. The third-order valence-electron chi connectivity index (χ3n) is 2.73. The Labute approximate surface area is 129 Å². The molecule has 2 N–H and O–H groups in total. The number of amides is 2. The van der Waals surface area contributed by atoms with Crippen molar-refractivity contribution in [3.63, 3.8) is 0 Å². The van der Waals surface area contributed by atoms with Crippen LogP contribution in [0, 0.1) is 0 Å². The van der Waals surface area contributed by atoms with Crippen LogP contribution in [0.5, 0.6) is 5.75 Å². The summed E-state index contributed by atoms with van der Waals surface area (Å²) in [4.78, 5) is 26.0. The maximum atomic E-state index is 12.1. The first kappa shape index (κ1) is 17.4. The van der Waals surface area contributed by atoms with Crippen molar-refractivity contribution in [2.45, 2.75) is 31.7 Å². The minimum absolute atomic E-state index is 0.0574. The zero-order valence-electron chi connectivity index (χ0n) is 12.6. The summed E-state index contributed by atoms with van der Waals surface area (Å²) < 4.78 is 0. The fourth-order valence-electron chi connectivity index (χ4n) is 1.73. The molecule has 0 aliphatic heterocycles. The van der Waals surface area contributed by atoms with Gasteiger partial charge in [0.05, 0.1) is 12.3 Å². The lowest BCUT2D eigenvalue weighted by Gasteiger charge is -2.21. The number of phenols is 1. The molecule has 0 radical (unpaired) electrons. The minimum atomic E-state index is -0.159. The molecule has 0 fully saturated rings. The largest absolute Gasteiger partial charge is 0.507 e. The van der Waals surface area contributed by atoms with E-state index in [1.54, 1.807) is 24.3 Å². The average molecular weight is 310 g/mol. The number of rotatable bonds is 7. The Balaban J connectivity index is 2.52. The van der Waals surface area contributed by atoms with Crippen molar-refractivity contribution in [1.29, 1.82) is 0 Å². The Morgan fingerprint density at radius 3 is 2.57 bits per heavy atom. The van der Waals surface area contributed by atoms with Crippen molar-refractivity contribution in [1.82, 2.24) is 10.2 Å². The van der Waals surface area contributed by atoms with Gasteiger partial charge in [0.2, 0.25) is 11.8 Å². The summed E-state index contributed by atoms with van der Waals surface area (Å²) in [5, 5.41) is 12.4. The van der Waals surface area contributed by atoms with Gasteiger partial charge in [-0.05, 0) is 32.9 Å². The Bertz CT molecular complexity index is 492. The lowest BCUT2D eigenvalue weighted by Crippen LogP contribution is -2.43. The van der Waals surface area contributed by atoms with E-state index < -0.39 is 0 Å². The van der Waals surface area contributed by atoms with Crippen molar-refractivity contribution in [2.75, 3.05) is 18.8 Å². The predicted molar refractivity (Wildman–Crippen MR) is 84.4 cm³/mol. The van der Waals surface area contributed by atoms with Crippen molar-refractivity contribution in [3.05, 3.63) is 24.3 Å². The van der Waals surface area contributed by atoms with Gasteiger partial charge in [0, 0.05) is 17.5 Å². The van der Waals surface area contributed by atoms with Gasteiger partial charge in [-0.1, -0.05) is 12.1 Å². The molecule has 0 spiro atoms. The van der Waals surface area contributed by atoms with Crippen LogP contribution in [0.2, 0.25) is 0 Å². The number of aromatic hydroxyl groups is 1. The van der Waals surface area contributed by atoms with Gasteiger partial charge in [0.25, 0.3) is 0 Å². The zero-order chi connectivity index (χ0) is 15.8. The van der Waals surface area contributed by atoms with Crippen LogP contribution in [0.3, 0.4) is 0 Å². The first-order chi connectivity index (χ1) is 9.93. The van der Waals surface area contributed by atoms with Gasteiger partial charge in [-0.25, -0.2) is 0 Å². The molecule has 2 amide bonds. The van der Waals surface area contributed by atoms with E-state index in [9.17, 15) is 14.7 Å². The third kappa shape index (κ3) is 6.08. The second-order valence-electron chi connectivity index (χ2n) is 4.89. The highest BCUT2D eigenvalue weighted by atomic mass is 32.2. The lowest BCUT2D eigenvalue weighted by atomic mass is 10.3. The number of hydrogen-bond acceptors (Lipinski definition) is 4. The first-order valence-electron chi connectivity index (χ1n) is 6.92. The lowest BCUT2D eigenvalue weighted by molar-refractivity contribution is -0.134. The summed E-state index contributed by atoms with van der Waals surface area (Å²) in [5.41, 5.74) is 0. The van der Waals surface area contributed by atoms with Crippen LogP contribution >= 0.6 is 11.8 Å². The van der Waals surface area contributed by atoms with Crippen LogP contribution in [0.4, 0.5) is 0 Å². The van der Waals surface area contributed by atoms with Crippen LogP contribution in [0.25, 0.3) is 0 Å². The van der Waals surface area contributed by atoms with E-state index in [0.717, 1.165) is 0 Å². The number of likely N-dealkylation sites (N-methyl/N-ethyl adjacent to an activating group) is 1. The minimum Gasteiger partial charge on any atom is -0.507 e. The van der Waals surface area contributed by atoms with Gasteiger partial charge in [0.15, 0.2) is 0 Å². The van der Waals surface area contributed by atoms with Crippen molar-refractivity contribution in [2.24, 2.45) is 0 Å². The molecule has 116 valence electrons. The van der Waals surface area contributed by atoms with E-state index in [4.69, 9.17) is 0 Å². The van der Waals surface area contributed by atoms with E-state index in [1.807, 2.05) is 20.8 Å². The van der Waals surface area contributed by atoms with E-state index in [0.29, 0.717) is 11.4 Å². The van der Waals surface area contributed by atoms with E-state index >= 15 is 0 Å². The summed E-state index contributed by atoms with van der Waals surface area (Å²) in [5.74, 6) is 0.0775. The summed E-state index contributed by atoms with van der Waals surface area (Å²) in [6.07, 6.45) is 0. The van der Waals surface area contributed by atoms with E-state index in [1.165, 1.54) is 16.7 Å². The number of hydrogen-bond donors (Lipinski definition) is 2. The molecule has 0 aromatic heterocycles. The molecule has 0 saturated carbocycles. The average Bonchev–Trinajstić information content (AvgIpc) is 2.42. The molecule has 1 rings (SSSR count). The molecule has 0 bridgehead atoms. The molecule has 21 heavy (non-hydrogen) atoms. The molecule has 5 nitrogen and oxygen atoms in total. The number of nitrogens with one attached hydrogen (secondary N) is 1. The van der Waals surface area contributed by atoms with Crippen LogP contribution in [-0.4, -0.2) is 46.7 Å². The normalized spacial score (nSPS) is 10.5. The fourth-order valence-corrected chi connectivity index (χ4v) is 2.58. The Hall–Kier alpha value is -1.69. The molecule has 6 heteroatoms. The standard InChI is InChI=1S/C15H22N2O3S/c1-4-17(9-14(19)16-11(2)3)15(20)10-21-13-8-6-5-7-12(13)18/h5-8,11,18H,4,9-10H2,1-3H3,(H,16,19). The summed E-state index contributed by atoms with van der Waals surface area (Å²) in [6.45, 7) is 6.14. The second-order valence-corrected chi connectivity index (χ2v) is 5.90. The molecule has 0 aliphatic carbocycles. The highest BCUT2D eigenvalue weighted by Crippen LogP contribution is 2.27. The Morgan fingerprint density at radius 2 is 2.00 bits per heavy atom. The number of carbonyl (C=O) groups excluding carboxylic acids is 2. The smallest absolute Gasteiger partial charge is 0.239 e. The molecule has 1 aromatic carbocycles. The predicted octanol–water partition coefficient (Wildman–Crippen LogP) is 1.86. The SMILES string of the molecule is CCN(CC(=O)NC(C)C)C(=O)CSc1ccccc1O. The monoisotopic (exact) mass is 310 g/mol. The van der Waals surface area contributed by atoms with E-state index in [2.05, 4.69) is 5.32 Å². The van der Waals surface area contributed by atoms with E-state index in [-0.39, 0.29) is 35.9 Å². The maximum absolute atomic E-state index is 12.1. The highest BCUT2D eigenvalue weighted by molar-refractivity contribution is 8.00. The maximum Gasteiger partial charge on any atom is 0.239 e.